The average molecular weight is 324 g/mol. The van der Waals surface area contributed by atoms with Crippen molar-refractivity contribution in [3.8, 4) is 17.1 Å². The van der Waals surface area contributed by atoms with Gasteiger partial charge in [0.25, 0.3) is 0 Å². The summed E-state index contributed by atoms with van der Waals surface area (Å²) in [6.07, 6.45) is 1.71. The number of hydrogen-bond acceptors (Lipinski definition) is 6. The predicted octanol–water partition coefficient (Wildman–Crippen LogP) is -0.604. The van der Waals surface area contributed by atoms with Crippen molar-refractivity contribution < 1.29 is 9.23 Å². The quantitative estimate of drug-likeness (QED) is 0.645. The van der Waals surface area contributed by atoms with Crippen LogP contribution in [0.1, 0.15) is 0 Å². The van der Waals surface area contributed by atoms with E-state index in [4.69, 9.17) is 26.6 Å². The lowest BCUT2D eigenvalue weighted by molar-refractivity contribution is 0.470. The third kappa shape index (κ3) is 3.11. The Bertz CT molecular complexity index is 881. The lowest BCUT2D eigenvalue weighted by Crippen LogP contribution is -2.19. The lowest BCUT2D eigenvalue weighted by atomic mass is 9.96. The first-order valence-corrected chi connectivity index (χ1v) is 7.28. The van der Waals surface area contributed by atoms with Crippen LogP contribution >= 0.6 is 11.6 Å². The number of hydrogen-bond donors (Lipinski definition) is 1. The van der Waals surface area contributed by atoms with Crippen molar-refractivity contribution >= 4 is 57.5 Å². The van der Waals surface area contributed by atoms with Gasteiger partial charge >= 0.3 is 7.69 Å². The first-order valence-electron chi connectivity index (χ1n) is 6.90. The molecule has 0 saturated carbocycles. The van der Waals surface area contributed by atoms with Crippen molar-refractivity contribution in [2.24, 2.45) is 0 Å². The van der Waals surface area contributed by atoms with Crippen LogP contribution in [0.2, 0.25) is 5.02 Å². The molecule has 10 heteroatoms. The van der Waals surface area contributed by atoms with Crippen LogP contribution in [0.25, 0.3) is 22.2 Å². The van der Waals surface area contributed by atoms with E-state index in [2.05, 4.69) is 15.0 Å². The molecule has 0 amide bonds. The minimum absolute atomic E-state index is 0.0454. The topological polar surface area (TPSA) is 83.2 Å². The molecular formula is C13H12B3ClN4O2. The molecule has 112 valence electrons. The van der Waals surface area contributed by atoms with E-state index in [0.717, 1.165) is 16.5 Å². The van der Waals surface area contributed by atoms with Crippen molar-refractivity contribution in [1.82, 2.24) is 15.0 Å². The molecule has 0 spiro atoms. The van der Waals surface area contributed by atoms with Crippen LogP contribution in [0.15, 0.2) is 30.5 Å². The summed E-state index contributed by atoms with van der Waals surface area (Å²) in [5.74, 6) is 0.451. The molecule has 0 radical (unpaired) electrons. The monoisotopic (exact) mass is 324 g/mol. The normalized spacial score (nSPS) is 10.7. The van der Waals surface area contributed by atoms with Gasteiger partial charge in [-0.05, 0) is 18.2 Å². The molecule has 0 bridgehead atoms. The Morgan fingerprint density at radius 3 is 2.87 bits per heavy atom. The number of halogens is 1. The number of rotatable bonds is 4. The van der Waals surface area contributed by atoms with Gasteiger partial charge in [-0.1, -0.05) is 17.7 Å². The van der Waals surface area contributed by atoms with Crippen molar-refractivity contribution in [3.63, 3.8) is 0 Å². The van der Waals surface area contributed by atoms with E-state index in [1.54, 1.807) is 6.20 Å². The minimum Gasteiger partial charge on any atom is -0.523 e. The fraction of sp³-hybridized carbons (Fsp3) is 0. The summed E-state index contributed by atoms with van der Waals surface area (Å²) in [7, 11) is 3.40. The second kappa shape index (κ2) is 6.48. The minimum atomic E-state index is 0.0454. The van der Waals surface area contributed by atoms with Crippen LogP contribution in [0.5, 0.6) is 5.88 Å². The van der Waals surface area contributed by atoms with Gasteiger partial charge in [0.05, 0.1) is 16.2 Å². The van der Waals surface area contributed by atoms with Crippen LogP contribution in [-0.4, -0.2) is 38.5 Å². The highest BCUT2D eigenvalue weighted by Gasteiger charge is 2.14. The van der Waals surface area contributed by atoms with E-state index >= 15 is 0 Å². The molecule has 0 aliphatic carbocycles. The zero-order valence-corrected chi connectivity index (χ0v) is 13.5. The maximum atomic E-state index is 6.33. The number of aromatic nitrogens is 3. The number of anilines is 1. The van der Waals surface area contributed by atoms with E-state index in [1.165, 1.54) is 8.05 Å². The van der Waals surface area contributed by atoms with E-state index in [0.29, 0.717) is 16.3 Å². The van der Waals surface area contributed by atoms with Crippen molar-refractivity contribution in [3.05, 3.63) is 35.5 Å². The highest BCUT2D eigenvalue weighted by atomic mass is 35.5. The Labute approximate surface area is 140 Å². The standard InChI is InChI=1S/C13H12B3ClN4O2/c14-11-10(20-13(12(18)21-11)22-16-23-15)7-4-6-2-1-3-19-9(6)8(17)5-7/h1-5,16H,14-15H2,(H2,18,21). The Morgan fingerprint density at radius 1 is 1.26 bits per heavy atom. The van der Waals surface area contributed by atoms with Gasteiger partial charge in [-0.15, -0.1) is 0 Å². The molecule has 3 rings (SSSR count). The molecule has 2 N–H and O–H groups in total. The van der Waals surface area contributed by atoms with Crippen molar-refractivity contribution in [2.75, 3.05) is 5.73 Å². The number of benzene rings is 1. The van der Waals surface area contributed by atoms with E-state index in [-0.39, 0.29) is 19.4 Å². The third-order valence-electron chi connectivity index (χ3n) is 3.31. The number of nitrogen functional groups attached to an aromatic ring is 1. The van der Waals surface area contributed by atoms with Gasteiger partial charge < -0.3 is 15.0 Å². The molecule has 0 saturated heterocycles. The Morgan fingerprint density at radius 2 is 2.09 bits per heavy atom. The summed E-state index contributed by atoms with van der Waals surface area (Å²) in [5.41, 5.74) is 8.74. The van der Waals surface area contributed by atoms with Gasteiger partial charge in [0.15, 0.2) is 13.7 Å². The number of fused-ring (bicyclic) bond motifs is 1. The molecule has 23 heavy (non-hydrogen) atoms. The molecule has 0 unspecified atom stereocenters. The lowest BCUT2D eigenvalue weighted by Gasteiger charge is -2.12. The molecule has 0 aliphatic heterocycles. The van der Waals surface area contributed by atoms with Gasteiger partial charge in [0, 0.05) is 22.7 Å². The highest BCUT2D eigenvalue weighted by Crippen LogP contribution is 2.29. The molecule has 1 aromatic carbocycles. The first kappa shape index (κ1) is 15.6. The Hall–Kier alpha value is -2.25. The summed E-state index contributed by atoms with van der Waals surface area (Å²) in [6, 6.07) is 7.57. The van der Waals surface area contributed by atoms with Crippen molar-refractivity contribution in [1.29, 1.82) is 0 Å². The third-order valence-corrected chi connectivity index (χ3v) is 3.60. The van der Waals surface area contributed by atoms with E-state index in [9.17, 15) is 0 Å². The van der Waals surface area contributed by atoms with Crippen molar-refractivity contribution in [2.45, 2.75) is 0 Å². The molecule has 2 heterocycles. The maximum Gasteiger partial charge on any atom is 0.492 e. The molecule has 2 aromatic heterocycles. The van der Waals surface area contributed by atoms with Crippen LogP contribution in [0, 0.1) is 0 Å². The molecule has 0 aliphatic rings. The smallest absolute Gasteiger partial charge is 0.492 e. The SMILES string of the molecule is BOBOc1nc(-c2cc(Cl)c3ncccc3c2)c(B)nc1N. The molecular weight excluding hydrogens is 312 g/mol. The first-order chi connectivity index (χ1) is 11.1. The Kier molecular flexibility index (Phi) is 4.40. The average Bonchev–Trinajstić information content (AvgIpc) is 2.54. The summed E-state index contributed by atoms with van der Waals surface area (Å²) in [5, 5.41) is 1.47. The fourth-order valence-corrected chi connectivity index (χ4v) is 2.58. The van der Waals surface area contributed by atoms with Crippen LogP contribution in [0.3, 0.4) is 0 Å². The van der Waals surface area contributed by atoms with E-state index in [1.807, 2.05) is 32.1 Å². The van der Waals surface area contributed by atoms with Crippen LogP contribution < -0.4 is 16.0 Å². The highest BCUT2D eigenvalue weighted by molar-refractivity contribution is 6.36. The summed E-state index contributed by atoms with van der Waals surface area (Å²) < 4.78 is 10.2. The van der Waals surface area contributed by atoms with E-state index < -0.39 is 0 Å². The van der Waals surface area contributed by atoms with Gasteiger partial charge in [0.1, 0.15) is 0 Å². The predicted molar refractivity (Wildman–Crippen MR) is 97.8 cm³/mol. The summed E-state index contributed by atoms with van der Waals surface area (Å²) in [6.45, 7) is 0. The zero-order valence-electron chi connectivity index (χ0n) is 12.7. The molecule has 3 aromatic rings. The molecule has 0 atom stereocenters. The van der Waals surface area contributed by atoms with Gasteiger partial charge in [-0.2, -0.15) is 0 Å². The number of nitrogens with zero attached hydrogens (tertiary/aromatic N) is 3. The second-order valence-electron chi connectivity index (χ2n) is 4.93. The summed E-state index contributed by atoms with van der Waals surface area (Å²) >= 11 is 6.33. The van der Waals surface area contributed by atoms with Gasteiger partial charge in [0.2, 0.25) is 13.9 Å². The summed E-state index contributed by atoms with van der Waals surface area (Å²) in [4.78, 5) is 13.0. The van der Waals surface area contributed by atoms with Gasteiger partial charge in [-0.3, -0.25) is 4.98 Å². The van der Waals surface area contributed by atoms with Crippen LogP contribution in [-0.2, 0) is 4.57 Å². The van der Waals surface area contributed by atoms with Crippen LogP contribution in [0.4, 0.5) is 5.82 Å². The maximum absolute atomic E-state index is 6.33. The second-order valence-corrected chi connectivity index (χ2v) is 5.34. The molecule has 6 nitrogen and oxygen atoms in total. The fourth-order valence-electron chi connectivity index (χ4n) is 2.30. The number of nitrogens with two attached hydrogens (primary N) is 1. The largest absolute Gasteiger partial charge is 0.523 e. The zero-order chi connectivity index (χ0) is 16.4. The number of pyridine rings is 1. The Balaban J connectivity index is 2.14. The van der Waals surface area contributed by atoms with Gasteiger partial charge in [-0.25, -0.2) is 9.97 Å². The molecule has 0 fully saturated rings.